The van der Waals surface area contributed by atoms with Crippen molar-refractivity contribution in [3.05, 3.63) is 30.3 Å². The van der Waals surface area contributed by atoms with E-state index in [1.54, 1.807) is 0 Å². The van der Waals surface area contributed by atoms with Gasteiger partial charge in [0.15, 0.2) is 9.84 Å². The molecular weight excluding hydrogens is 258 g/mol. The van der Waals surface area contributed by atoms with Crippen LogP contribution in [0.15, 0.2) is 30.3 Å². The number of anilines is 1. The molecule has 1 aromatic carbocycles. The number of sulfone groups is 1. The maximum Gasteiger partial charge on any atom is 0.166 e. The Labute approximate surface area is 108 Å². The van der Waals surface area contributed by atoms with Crippen LogP contribution in [0.3, 0.4) is 0 Å². The second-order valence-electron chi connectivity index (χ2n) is 3.91. The molecule has 1 aromatic rings. The molecule has 0 aliphatic heterocycles. The van der Waals surface area contributed by atoms with E-state index in [0.29, 0.717) is 6.42 Å². The monoisotopic (exact) mass is 275 g/mol. The maximum atomic E-state index is 11.4. The first kappa shape index (κ1) is 14.3. The number of rotatable bonds is 7. The molecular formula is C12H18ClNO2S. The van der Waals surface area contributed by atoms with Crippen molar-refractivity contribution in [2.24, 2.45) is 0 Å². The summed E-state index contributed by atoms with van der Waals surface area (Å²) in [5.74, 6) is 0.161. The number of halogens is 1. The predicted octanol–water partition coefficient (Wildman–Crippen LogP) is 2.88. The fourth-order valence-electron chi connectivity index (χ4n) is 1.38. The second-order valence-corrected chi connectivity index (χ2v) is 7.26. The number of hydrogen-bond acceptors (Lipinski definition) is 3. The van der Waals surface area contributed by atoms with Crippen LogP contribution >= 0.6 is 11.6 Å². The van der Waals surface area contributed by atoms with Gasteiger partial charge < -0.3 is 5.32 Å². The predicted molar refractivity (Wildman–Crippen MR) is 73.3 cm³/mol. The van der Waals surface area contributed by atoms with Crippen LogP contribution in [-0.2, 0) is 9.84 Å². The summed E-state index contributed by atoms with van der Waals surface area (Å²) >= 11 is 5.57. The van der Waals surface area contributed by atoms with E-state index < -0.39 is 14.5 Å². The van der Waals surface area contributed by atoms with Crippen molar-refractivity contribution in [2.75, 3.05) is 17.6 Å². The van der Waals surface area contributed by atoms with Crippen LogP contribution in [0.2, 0.25) is 0 Å². The first-order valence-electron chi connectivity index (χ1n) is 5.67. The Kier molecular flexibility index (Phi) is 5.78. The van der Waals surface area contributed by atoms with Gasteiger partial charge in [-0.2, -0.15) is 0 Å². The van der Waals surface area contributed by atoms with Gasteiger partial charge in [0.2, 0.25) is 0 Å². The molecule has 0 bridgehead atoms. The van der Waals surface area contributed by atoms with Gasteiger partial charge in [-0.05, 0) is 31.9 Å². The average molecular weight is 276 g/mol. The summed E-state index contributed by atoms with van der Waals surface area (Å²) in [6.45, 7) is 2.27. The number of unbranched alkanes of at least 4 members (excludes halogenated alkanes) is 1. The molecule has 0 saturated heterocycles. The van der Waals surface area contributed by atoms with Crippen LogP contribution in [0.1, 0.15) is 19.8 Å². The normalized spacial score (nSPS) is 13.3. The molecule has 1 atom stereocenters. The summed E-state index contributed by atoms with van der Waals surface area (Å²) < 4.78 is 22.0. The molecule has 0 aliphatic rings. The molecule has 1 unspecified atom stereocenters. The number of hydrogen-bond donors (Lipinski definition) is 1. The van der Waals surface area contributed by atoms with Crippen molar-refractivity contribution in [2.45, 2.75) is 24.5 Å². The molecule has 0 aromatic heterocycles. The zero-order valence-corrected chi connectivity index (χ0v) is 11.5. The highest BCUT2D eigenvalue weighted by Gasteiger charge is 2.16. The van der Waals surface area contributed by atoms with E-state index in [1.165, 1.54) is 6.92 Å². The second kappa shape index (κ2) is 6.87. The van der Waals surface area contributed by atoms with Crippen molar-refractivity contribution >= 4 is 27.1 Å². The lowest BCUT2D eigenvalue weighted by Crippen LogP contribution is -2.16. The Morgan fingerprint density at radius 1 is 1.24 bits per heavy atom. The number of alkyl halides is 1. The highest BCUT2D eigenvalue weighted by molar-refractivity contribution is 7.93. The summed E-state index contributed by atoms with van der Waals surface area (Å²) in [5, 5.41) is 3.23. The molecule has 17 heavy (non-hydrogen) atoms. The Bertz CT molecular complexity index is 417. The van der Waals surface area contributed by atoms with Gasteiger partial charge in [-0.25, -0.2) is 8.42 Å². The van der Waals surface area contributed by atoms with E-state index in [2.05, 4.69) is 5.32 Å². The van der Waals surface area contributed by atoms with Gasteiger partial charge in [0, 0.05) is 12.2 Å². The van der Waals surface area contributed by atoms with Crippen molar-refractivity contribution in [3.8, 4) is 0 Å². The van der Waals surface area contributed by atoms with Gasteiger partial charge in [0.25, 0.3) is 0 Å². The molecule has 0 aliphatic carbocycles. The topological polar surface area (TPSA) is 46.2 Å². The highest BCUT2D eigenvalue weighted by Crippen LogP contribution is 2.09. The van der Waals surface area contributed by atoms with E-state index in [9.17, 15) is 8.42 Å². The van der Waals surface area contributed by atoms with E-state index >= 15 is 0 Å². The Hall–Kier alpha value is -0.740. The van der Waals surface area contributed by atoms with Crippen molar-refractivity contribution < 1.29 is 8.42 Å². The Balaban J connectivity index is 2.18. The molecule has 0 spiro atoms. The van der Waals surface area contributed by atoms with Gasteiger partial charge >= 0.3 is 0 Å². The van der Waals surface area contributed by atoms with Gasteiger partial charge in [0.1, 0.15) is 4.71 Å². The van der Waals surface area contributed by atoms with Crippen molar-refractivity contribution in [1.29, 1.82) is 0 Å². The molecule has 1 rings (SSSR count). The van der Waals surface area contributed by atoms with Gasteiger partial charge in [-0.1, -0.05) is 18.2 Å². The Morgan fingerprint density at radius 3 is 2.47 bits per heavy atom. The molecule has 0 heterocycles. The fourth-order valence-corrected chi connectivity index (χ4v) is 2.58. The minimum absolute atomic E-state index is 0.161. The molecule has 0 saturated carbocycles. The summed E-state index contributed by atoms with van der Waals surface area (Å²) in [4.78, 5) is 0. The lowest BCUT2D eigenvalue weighted by molar-refractivity contribution is 0.590. The van der Waals surface area contributed by atoms with Crippen molar-refractivity contribution in [1.82, 2.24) is 0 Å². The standard InChI is InChI=1S/C12H18ClNO2S/c1-11(13)17(15,16)10-6-5-9-14-12-7-3-2-4-8-12/h2-4,7-8,11,14H,5-6,9-10H2,1H3. The third-order valence-electron chi connectivity index (χ3n) is 2.45. The first-order chi connectivity index (χ1) is 8.02. The Morgan fingerprint density at radius 2 is 1.88 bits per heavy atom. The van der Waals surface area contributed by atoms with E-state index in [1.807, 2.05) is 30.3 Å². The molecule has 0 radical (unpaired) electrons. The molecule has 96 valence electrons. The van der Waals surface area contributed by atoms with Crippen LogP contribution in [0.5, 0.6) is 0 Å². The van der Waals surface area contributed by atoms with Crippen LogP contribution in [-0.4, -0.2) is 25.4 Å². The van der Waals surface area contributed by atoms with Gasteiger partial charge in [-0.3, -0.25) is 0 Å². The number of nitrogens with one attached hydrogen (secondary N) is 1. The molecule has 0 amide bonds. The molecule has 1 N–H and O–H groups in total. The van der Waals surface area contributed by atoms with Crippen molar-refractivity contribution in [3.63, 3.8) is 0 Å². The van der Waals surface area contributed by atoms with Gasteiger partial charge in [0.05, 0.1) is 5.75 Å². The number of benzene rings is 1. The minimum atomic E-state index is -3.11. The zero-order chi connectivity index (χ0) is 12.7. The minimum Gasteiger partial charge on any atom is -0.385 e. The fraction of sp³-hybridized carbons (Fsp3) is 0.500. The summed E-state index contributed by atoms with van der Waals surface area (Å²) in [6.07, 6.45) is 1.46. The van der Waals surface area contributed by atoms with Crippen LogP contribution in [0.4, 0.5) is 5.69 Å². The maximum absolute atomic E-state index is 11.4. The number of para-hydroxylation sites is 1. The smallest absolute Gasteiger partial charge is 0.166 e. The van der Waals surface area contributed by atoms with Crippen LogP contribution in [0.25, 0.3) is 0 Å². The van der Waals surface area contributed by atoms with E-state index in [0.717, 1.165) is 18.7 Å². The highest BCUT2D eigenvalue weighted by atomic mass is 35.5. The lowest BCUT2D eigenvalue weighted by Gasteiger charge is -2.07. The first-order valence-corrected chi connectivity index (χ1v) is 7.82. The summed E-state index contributed by atoms with van der Waals surface area (Å²) in [7, 11) is -3.11. The van der Waals surface area contributed by atoms with E-state index in [-0.39, 0.29) is 5.75 Å². The van der Waals surface area contributed by atoms with Gasteiger partial charge in [-0.15, -0.1) is 11.6 Å². The zero-order valence-electron chi connectivity index (χ0n) is 9.90. The largest absolute Gasteiger partial charge is 0.385 e. The average Bonchev–Trinajstić information content (AvgIpc) is 2.29. The summed E-state index contributed by atoms with van der Waals surface area (Å²) in [5.41, 5.74) is 1.06. The van der Waals surface area contributed by atoms with E-state index in [4.69, 9.17) is 11.6 Å². The quantitative estimate of drug-likeness (QED) is 0.615. The van der Waals surface area contributed by atoms with Crippen LogP contribution in [0, 0.1) is 0 Å². The molecule has 3 nitrogen and oxygen atoms in total. The molecule has 0 fully saturated rings. The third kappa shape index (κ3) is 5.41. The summed E-state index contributed by atoms with van der Waals surface area (Å²) in [6, 6.07) is 9.85. The van der Waals surface area contributed by atoms with Crippen LogP contribution < -0.4 is 5.32 Å². The third-order valence-corrected chi connectivity index (χ3v) is 5.12. The SMILES string of the molecule is CC(Cl)S(=O)(=O)CCCCNc1ccccc1. The molecule has 5 heteroatoms. The lowest BCUT2D eigenvalue weighted by atomic mass is 10.3.